The highest BCUT2D eigenvalue weighted by Gasteiger charge is 2.16. The van der Waals surface area contributed by atoms with E-state index < -0.39 is 10.0 Å². The lowest BCUT2D eigenvalue weighted by atomic mass is 10.2. The summed E-state index contributed by atoms with van der Waals surface area (Å²) < 4.78 is 22.9. The maximum absolute atomic E-state index is 12.0. The van der Waals surface area contributed by atoms with Crippen molar-refractivity contribution in [3.8, 4) is 0 Å². The molecular formula is C14H13NO3S2. The predicted octanol–water partition coefficient (Wildman–Crippen LogP) is 2.20. The maximum Gasteiger partial charge on any atom is 0.239 e. The van der Waals surface area contributed by atoms with Crippen LogP contribution in [-0.4, -0.2) is 13.5 Å². The molecule has 6 heteroatoms. The van der Waals surface area contributed by atoms with Crippen molar-refractivity contribution < 1.29 is 13.2 Å². The largest absolute Gasteiger partial charge is 0.286 e. The molecule has 0 aliphatic heterocycles. The number of hydrogen-bond donors (Lipinski definition) is 1. The van der Waals surface area contributed by atoms with E-state index in [1.807, 2.05) is 30.3 Å². The van der Waals surface area contributed by atoms with Gasteiger partial charge in [0.25, 0.3) is 0 Å². The van der Waals surface area contributed by atoms with E-state index in [9.17, 15) is 13.2 Å². The third kappa shape index (κ3) is 3.93. The van der Waals surface area contributed by atoms with Gasteiger partial charge in [-0.15, -0.1) is 0 Å². The number of primary sulfonamides is 1. The van der Waals surface area contributed by atoms with Crippen molar-refractivity contribution in [2.45, 2.75) is 16.2 Å². The van der Waals surface area contributed by atoms with Gasteiger partial charge in [0.2, 0.25) is 10.0 Å². The van der Waals surface area contributed by atoms with Gasteiger partial charge in [-0.1, -0.05) is 54.2 Å². The van der Waals surface area contributed by atoms with E-state index in [0.29, 0.717) is 4.90 Å². The Bertz CT molecular complexity index is 712. The van der Waals surface area contributed by atoms with Crippen molar-refractivity contribution in [2.24, 2.45) is 5.14 Å². The molecule has 2 aromatic rings. The van der Waals surface area contributed by atoms with Crippen molar-refractivity contribution in [3.63, 3.8) is 0 Å². The molecule has 0 spiro atoms. The number of hydrogen-bond acceptors (Lipinski definition) is 4. The fraction of sp³-hybridized carbons (Fsp3) is 0.0714. The molecule has 0 aromatic heterocycles. The van der Waals surface area contributed by atoms with Gasteiger partial charge in [0.05, 0.1) is 4.90 Å². The van der Waals surface area contributed by atoms with Crippen molar-refractivity contribution in [3.05, 3.63) is 60.2 Å². The van der Waals surface area contributed by atoms with Crippen LogP contribution in [0.4, 0.5) is 0 Å². The molecular weight excluding hydrogens is 294 g/mol. The molecule has 2 N–H and O–H groups in total. The van der Waals surface area contributed by atoms with Crippen LogP contribution in [0.1, 0.15) is 5.56 Å². The van der Waals surface area contributed by atoms with E-state index in [1.54, 1.807) is 18.2 Å². The third-order valence-corrected chi connectivity index (χ3v) is 4.62. The Hall–Kier alpha value is -1.63. The fourth-order valence-corrected chi connectivity index (χ4v) is 3.58. The number of nitrogens with two attached hydrogens (primary N) is 1. The van der Waals surface area contributed by atoms with E-state index in [4.69, 9.17) is 5.14 Å². The van der Waals surface area contributed by atoms with E-state index in [0.717, 1.165) is 17.3 Å². The van der Waals surface area contributed by atoms with Crippen molar-refractivity contribution in [2.75, 3.05) is 0 Å². The van der Waals surface area contributed by atoms with Gasteiger partial charge in [0, 0.05) is 11.3 Å². The third-order valence-electron chi connectivity index (χ3n) is 2.57. The molecule has 0 amide bonds. The fourth-order valence-electron chi connectivity index (χ4n) is 1.69. The Balaban J connectivity index is 2.17. The molecule has 2 rings (SSSR count). The van der Waals surface area contributed by atoms with Gasteiger partial charge in [0.1, 0.15) is 0 Å². The summed E-state index contributed by atoms with van der Waals surface area (Å²) in [5.74, 6) is 0. The summed E-state index contributed by atoms with van der Waals surface area (Å²) in [5, 5.41) is 5.00. The minimum Gasteiger partial charge on any atom is -0.286 e. The summed E-state index contributed by atoms with van der Waals surface area (Å²) in [6.45, 7) is 0. The summed E-state index contributed by atoms with van der Waals surface area (Å²) >= 11 is 0.894. The summed E-state index contributed by atoms with van der Waals surface area (Å²) in [6.07, 6.45) is 0.241. The molecule has 0 heterocycles. The molecule has 0 aliphatic rings. The van der Waals surface area contributed by atoms with Crippen molar-refractivity contribution in [1.82, 2.24) is 0 Å². The number of carbonyl (C=O) groups excluding carboxylic acids is 1. The zero-order valence-electron chi connectivity index (χ0n) is 10.5. The molecule has 0 atom stereocenters. The first-order valence-corrected chi connectivity index (χ1v) is 8.19. The van der Waals surface area contributed by atoms with Gasteiger partial charge < -0.3 is 0 Å². The van der Waals surface area contributed by atoms with Crippen LogP contribution in [0.5, 0.6) is 0 Å². The Morgan fingerprint density at radius 3 is 2.25 bits per heavy atom. The second-order valence-electron chi connectivity index (χ2n) is 4.13. The molecule has 0 radical (unpaired) electrons. The molecule has 0 fully saturated rings. The highest BCUT2D eigenvalue weighted by atomic mass is 32.2. The van der Waals surface area contributed by atoms with Gasteiger partial charge in [-0.2, -0.15) is 0 Å². The van der Waals surface area contributed by atoms with Crippen LogP contribution < -0.4 is 5.14 Å². The number of benzene rings is 2. The molecule has 0 unspecified atom stereocenters. The van der Waals surface area contributed by atoms with Crippen LogP contribution in [-0.2, 0) is 21.2 Å². The summed E-state index contributed by atoms with van der Waals surface area (Å²) in [7, 11) is -3.83. The number of sulfonamides is 1. The van der Waals surface area contributed by atoms with Crippen LogP contribution >= 0.6 is 11.8 Å². The molecule has 0 bridgehead atoms. The Morgan fingerprint density at radius 2 is 1.60 bits per heavy atom. The maximum atomic E-state index is 12.0. The molecule has 2 aromatic carbocycles. The van der Waals surface area contributed by atoms with Gasteiger partial charge >= 0.3 is 0 Å². The lowest BCUT2D eigenvalue weighted by molar-refractivity contribution is -0.110. The van der Waals surface area contributed by atoms with E-state index in [-0.39, 0.29) is 16.4 Å². The highest BCUT2D eigenvalue weighted by molar-refractivity contribution is 8.14. The zero-order chi connectivity index (χ0) is 14.6. The zero-order valence-corrected chi connectivity index (χ0v) is 12.2. The van der Waals surface area contributed by atoms with Crippen LogP contribution in [0.3, 0.4) is 0 Å². The number of rotatable bonds is 4. The molecule has 0 saturated heterocycles. The first-order chi connectivity index (χ1) is 9.47. The highest BCUT2D eigenvalue weighted by Crippen LogP contribution is 2.27. The minimum absolute atomic E-state index is 0.0218. The van der Waals surface area contributed by atoms with E-state index in [1.165, 1.54) is 6.07 Å². The van der Waals surface area contributed by atoms with Crippen LogP contribution in [0, 0.1) is 0 Å². The monoisotopic (exact) mass is 307 g/mol. The Labute approximate surface area is 122 Å². The SMILES string of the molecule is NS(=O)(=O)c1ccccc1SC(=O)Cc1ccccc1. The lowest BCUT2D eigenvalue weighted by Crippen LogP contribution is -2.13. The normalized spacial score (nSPS) is 11.2. The Morgan fingerprint density at radius 1 is 1.00 bits per heavy atom. The molecule has 4 nitrogen and oxygen atoms in total. The summed E-state index contributed by atoms with van der Waals surface area (Å²) in [4.78, 5) is 12.3. The molecule has 20 heavy (non-hydrogen) atoms. The number of thioether (sulfide) groups is 1. The average Bonchev–Trinajstić information content (AvgIpc) is 2.39. The molecule has 0 saturated carbocycles. The smallest absolute Gasteiger partial charge is 0.239 e. The first-order valence-electron chi connectivity index (χ1n) is 5.83. The Kier molecular flexibility index (Phi) is 4.59. The summed E-state index contributed by atoms with van der Waals surface area (Å²) in [6, 6.07) is 15.5. The quantitative estimate of drug-likeness (QED) is 0.878. The predicted molar refractivity (Wildman–Crippen MR) is 78.8 cm³/mol. The second kappa shape index (κ2) is 6.21. The first kappa shape index (κ1) is 14.8. The lowest BCUT2D eigenvalue weighted by Gasteiger charge is -2.06. The van der Waals surface area contributed by atoms with Gasteiger partial charge in [0.15, 0.2) is 5.12 Å². The van der Waals surface area contributed by atoms with Crippen LogP contribution in [0.15, 0.2) is 64.4 Å². The van der Waals surface area contributed by atoms with Crippen LogP contribution in [0.25, 0.3) is 0 Å². The van der Waals surface area contributed by atoms with E-state index in [2.05, 4.69) is 0 Å². The number of carbonyl (C=O) groups is 1. The summed E-state index contributed by atoms with van der Waals surface area (Å²) in [5.41, 5.74) is 0.887. The van der Waals surface area contributed by atoms with Gasteiger partial charge in [-0.05, 0) is 17.7 Å². The topological polar surface area (TPSA) is 77.2 Å². The average molecular weight is 307 g/mol. The molecule has 0 aliphatic carbocycles. The van der Waals surface area contributed by atoms with Crippen molar-refractivity contribution >= 4 is 26.9 Å². The van der Waals surface area contributed by atoms with Crippen LogP contribution in [0.2, 0.25) is 0 Å². The van der Waals surface area contributed by atoms with E-state index >= 15 is 0 Å². The van der Waals surface area contributed by atoms with Crippen molar-refractivity contribution in [1.29, 1.82) is 0 Å². The molecule has 104 valence electrons. The van der Waals surface area contributed by atoms with Gasteiger partial charge in [-0.3, -0.25) is 4.79 Å². The second-order valence-corrected chi connectivity index (χ2v) is 6.76. The van der Waals surface area contributed by atoms with Gasteiger partial charge in [-0.25, -0.2) is 13.6 Å². The minimum atomic E-state index is -3.83. The standard InChI is InChI=1S/C14H13NO3S2/c15-20(17,18)13-9-5-4-8-12(13)19-14(16)10-11-6-2-1-3-7-11/h1-9H,10H2,(H2,15,17,18).